The second-order valence-electron chi connectivity index (χ2n) is 5.41. The van der Waals surface area contributed by atoms with Crippen LogP contribution in [0.2, 0.25) is 0 Å². The highest BCUT2D eigenvalue weighted by Crippen LogP contribution is 2.18. The highest BCUT2D eigenvalue weighted by molar-refractivity contribution is 9.10. The quantitative estimate of drug-likeness (QED) is 0.677. The number of carbonyl (C=O) groups excluding carboxylic acids is 1. The molecule has 0 N–H and O–H groups in total. The summed E-state index contributed by atoms with van der Waals surface area (Å²) in [6, 6.07) is 11.9. The van der Waals surface area contributed by atoms with Crippen molar-refractivity contribution in [1.82, 2.24) is 14.5 Å². The fourth-order valence-electron chi connectivity index (χ4n) is 2.40. The second-order valence-corrected chi connectivity index (χ2v) is 6.33. The number of rotatable bonds is 4. The Labute approximate surface area is 147 Å². The normalized spacial score (nSPS) is 10.6. The maximum absolute atomic E-state index is 13.8. The van der Waals surface area contributed by atoms with Crippen molar-refractivity contribution in [3.8, 4) is 5.69 Å². The first-order valence-electron chi connectivity index (χ1n) is 7.32. The molecular weight excluding hydrogens is 373 g/mol. The van der Waals surface area contributed by atoms with Gasteiger partial charge in [-0.15, -0.1) is 0 Å². The Hall–Kier alpha value is -2.47. The minimum atomic E-state index is -0.326. The standard InChI is InChI=1S/C18H15BrFN3O/c1-22(11-14-10-15(19)4-7-17(14)20)18(24)13-2-5-16(6-3-13)23-9-8-21-12-23/h2-10,12H,11H2,1H3. The number of benzene rings is 2. The van der Waals surface area contributed by atoms with Crippen LogP contribution in [0, 0.1) is 5.82 Å². The molecule has 0 aliphatic rings. The Morgan fingerprint density at radius 3 is 2.67 bits per heavy atom. The molecule has 24 heavy (non-hydrogen) atoms. The molecule has 1 heterocycles. The monoisotopic (exact) mass is 387 g/mol. The molecule has 0 saturated carbocycles. The van der Waals surface area contributed by atoms with Crippen molar-refractivity contribution in [2.45, 2.75) is 6.54 Å². The maximum Gasteiger partial charge on any atom is 0.253 e. The zero-order valence-electron chi connectivity index (χ0n) is 13.0. The SMILES string of the molecule is CN(Cc1cc(Br)ccc1F)C(=O)c1ccc(-n2ccnc2)cc1. The Kier molecular flexibility index (Phi) is 4.76. The van der Waals surface area contributed by atoms with Gasteiger partial charge in [-0.3, -0.25) is 4.79 Å². The van der Waals surface area contributed by atoms with Gasteiger partial charge < -0.3 is 9.47 Å². The molecule has 0 aliphatic carbocycles. The van der Waals surface area contributed by atoms with E-state index < -0.39 is 0 Å². The molecule has 1 amide bonds. The van der Waals surface area contributed by atoms with E-state index in [2.05, 4.69) is 20.9 Å². The molecule has 122 valence electrons. The van der Waals surface area contributed by atoms with E-state index in [4.69, 9.17) is 0 Å². The third kappa shape index (κ3) is 3.54. The first-order chi connectivity index (χ1) is 11.5. The summed E-state index contributed by atoms with van der Waals surface area (Å²) in [6.45, 7) is 0.202. The maximum atomic E-state index is 13.8. The number of aromatic nitrogens is 2. The average molecular weight is 388 g/mol. The molecule has 2 aromatic carbocycles. The van der Waals surface area contributed by atoms with Gasteiger partial charge in [0.15, 0.2) is 0 Å². The summed E-state index contributed by atoms with van der Waals surface area (Å²) in [6.07, 6.45) is 5.22. The van der Waals surface area contributed by atoms with Crippen LogP contribution in [0.25, 0.3) is 5.69 Å². The first kappa shape index (κ1) is 16.4. The van der Waals surface area contributed by atoms with Crippen molar-refractivity contribution in [3.05, 3.63) is 82.6 Å². The molecule has 1 aromatic heterocycles. The van der Waals surface area contributed by atoms with Gasteiger partial charge >= 0.3 is 0 Å². The molecule has 0 fully saturated rings. The molecule has 0 aliphatic heterocycles. The van der Waals surface area contributed by atoms with Crippen LogP contribution in [-0.4, -0.2) is 27.4 Å². The molecule has 6 heteroatoms. The lowest BCUT2D eigenvalue weighted by Gasteiger charge is -2.18. The van der Waals surface area contributed by atoms with Gasteiger partial charge in [0.1, 0.15) is 5.82 Å². The van der Waals surface area contributed by atoms with E-state index in [1.807, 2.05) is 22.9 Å². The Morgan fingerprint density at radius 2 is 2.00 bits per heavy atom. The molecule has 3 rings (SSSR count). The second kappa shape index (κ2) is 6.97. The summed E-state index contributed by atoms with van der Waals surface area (Å²) < 4.78 is 16.5. The van der Waals surface area contributed by atoms with Gasteiger partial charge in [0.2, 0.25) is 0 Å². The van der Waals surface area contributed by atoms with E-state index in [1.54, 1.807) is 43.8 Å². The Morgan fingerprint density at radius 1 is 1.25 bits per heavy atom. The molecule has 0 bridgehead atoms. The predicted molar refractivity (Wildman–Crippen MR) is 93.5 cm³/mol. The number of nitrogens with zero attached hydrogens (tertiary/aromatic N) is 3. The van der Waals surface area contributed by atoms with Gasteiger partial charge in [0.25, 0.3) is 5.91 Å². The topological polar surface area (TPSA) is 38.1 Å². The lowest BCUT2D eigenvalue weighted by Crippen LogP contribution is -2.26. The largest absolute Gasteiger partial charge is 0.337 e. The molecule has 0 radical (unpaired) electrons. The number of halogens is 2. The van der Waals surface area contributed by atoms with Crippen LogP contribution in [0.4, 0.5) is 4.39 Å². The fourth-order valence-corrected chi connectivity index (χ4v) is 2.81. The van der Waals surface area contributed by atoms with Crippen molar-refractivity contribution < 1.29 is 9.18 Å². The molecule has 3 aromatic rings. The zero-order valence-corrected chi connectivity index (χ0v) is 14.6. The Bertz CT molecular complexity index is 847. The zero-order chi connectivity index (χ0) is 17.1. The number of hydrogen-bond donors (Lipinski definition) is 0. The van der Waals surface area contributed by atoms with Crippen molar-refractivity contribution in [3.63, 3.8) is 0 Å². The highest BCUT2D eigenvalue weighted by atomic mass is 79.9. The lowest BCUT2D eigenvalue weighted by atomic mass is 10.1. The summed E-state index contributed by atoms with van der Waals surface area (Å²) in [4.78, 5) is 18.0. The van der Waals surface area contributed by atoms with E-state index in [0.717, 1.165) is 10.2 Å². The van der Waals surface area contributed by atoms with Gasteiger partial charge in [-0.25, -0.2) is 9.37 Å². The van der Waals surface area contributed by atoms with Crippen molar-refractivity contribution >= 4 is 21.8 Å². The summed E-state index contributed by atoms with van der Waals surface area (Å²) in [7, 11) is 1.66. The van der Waals surface area contributed by atoms with Crippen LogP contribution in [-0.2, 0) is 6.54 Å². The summed E-state index contributed by atoms with van der Waals surface area (Å²) in [5, 5.41) is 0. The van der Waals surface area contributed by atoms with Gasteiger partial charge in [0.05, 0.1) is 6.33 Å². The summed E-state index contributed by atoms with van der Waals surface area (Å²) >= 11 is 3.32. The van der Waals surface area contributed by atoms with Crippen LogP contribution >= 0.6 is 15.9 Å². The minimum absolute atomic E-state index is 0.161. The van der Waals surface area contributed by atoms with E-state index in [9.17, 15) is 9.18 Å². The lowest BCUT2D eigenvalue weighted by molar-refractivity contribution is 0.0784. The van der Waals surface area contributed by atoms with Crippen LogP contribution in [0.5, 0.6) is 0 Å². The molecule has 4 nitrogen and oxygen atoms in total. The van der Waals surface area contributed by atoms with E-state index in [1.165, 1.54) is 11.0 Å². The number of hydrogen-bond acceptors (Lipinski definition) is 2. The fraction of sp³-hybridized carbons (Fsp3) is 0.111. The average Bonchev–Trinajstić information content (AvgIpc) is 3.12. The van der Waals surface area contributed by atoms with E-state index in [0.29, 0.717) is 11.1 Å². The van der Waals surface area contributed by atoms with Crippen LogP contribution in [0.3, 0.4) is 0 Å². The third-order valence-corrected chi connectivity index (χ3v) is 4.17. The van der Waals surface area contributed by atoms with Crippen molar-refractivity contribution in [1.29, 1.82) is 0 Å². The van der Waals surface area contributed by atoms with Gasteiger partial charge in [-0.1, -0.05) is 15.9 Å². The Balaban J connectivity index is 1.74. The van der Waals surface area contributed by atoms with E-state index in [-0.39, 0.29) is 18.3 Å². The number of amides is 1. The predicted octanol–water partition coefficient (Wildman–Crippen LogP) is 4.05. The molecule has 0 spiro atoms. The van der Waals surface area contributed by atoms with Gasteiger partial charge in [-0.05, 0) is 42.5 Å². The number of imidazole rings is 1. The minimum Gasteiger partial charge on any atom is -0.337 e. The molecule has 0 atom stereocenters. The van der Waals surface area contributed by atoms with Crippen LogP contribution < -0.4 is 0 Å². The van der Waals surface area contributed by atoms with Gasteiger partial charge in [-0.2, -0.15) is 0 Å². The van der Waals surface area contributed by atoms with E-state index >= 15 is 0 Å². The molecule has 0 saturated heterocycles. The van der Waals surface area contributed by atoms with Crippen molar-refractivity contribution in [2.75, 3.05) is 7.05 Å². The highest BCUT2D eigenvalue weighted by Gasteiger charge is 2.14. The smallest absolute Gasteiger partial charge is 0.253 e. The molecule has 0 unspecified atom stereocenters. The number of carbonyl (C=O) groups is 1. The first-order valence-corrected chi connectivity index (χ1v) is 8.11. The third-order valence-electron chi connectivity index (χ3n) is 3.68. The van der Waals surface area contributed by atoms with Crippen LogP contribution in [0.1, 0.15) is 15.9 Å². The van der Waals surface area contributed by atoms with Gasteiger partial charge in [0, 0.05) is 47.3 Å². The van der Waals surface area contributed by atoms with Crippen molar-refractivity contribution in [2.24, 2.45) is 0 Å². The van der Waals surface area contributed by atoms with Crippen LogP contribution in [0.15, 0.2) is 65.7 Å². The summed E-state index contributed by atoms with van der Waals surface area (Å²) in [5.41, 5.74) is 1.94. The molecular formula is C18H15BrFN3O. The summed E-state index contributed by atoms with van der Waals surface area (Å²) in [5.74, 6) is -0.486.